The molecular formula is C17H26N2O. The lowest BCUT2D eigenvalue weighted by molar-refractivity contribution is 0.0942. The molecule has 3 nitrogen and oxygen atoms in total. The van der Waals surface area contributed by atoms with E-state index in [1.54, 1.807) is 0 Å². The van der Waals surface area contributed by atoms with E-state index >= 15 is 0 Å². The van der Waals surface area contributed by atoms with E-state index in [9.17, 15) is 4.79 Å². The number of amides is 1. The van der Waals surface area contributed by atoms with Gasteiger partial charge in [0.05, 0.1) is 0 Å². The lowest BCUT2D eigenvalue weighted by Crippen LogP contribution is -2.30. The van der Waals surface area contributed by atoms with Crippen LogP contribution in [0.3, 0.4) is 0 Å². The summed E-state index contributed by atoms with van der Waals surface area (Å²) in [5.74, 6) is 0.0559. The fraction of sp³-hybridized carbons (Fsp3) is 0.588. The first kappa shape index (κ1) is 15.0. The maximum absolute atomic E-state index is 12.5. The Bertz CT molecular complexity index is 491. The largest absolute Gasteiger partial charge is 0.348 e. The summed E-state index contributed by atoms with van der Waals surface area (Å²) in [6.07, 6.45) is 0.873. The summed E-state index contributed by atoms with van der Waals surface area (Å²) in [6.45, 7) is 9.73. The van der Waals surface area contributed by atoms with Crippen LogP contribution >= 0.6 is 0 Å². The standard InChI is InChI=1S/C17H26N2O/c1-16(2)15(17(16,3)4)19-14(20)13-9-7-6-8-12(13)10-11-18-5/h6-9,15,18H,10-11H2,1-5H3,(H,19,20). The normalized spacial score (nSPS) is 19.6. The average molecular weight is 274 g/mol. The van der Waals surface area contributed by atoms with Crippen molar-refractivity contribution in [3.63, 3.8) is 0 Å². The van der Waals surface area contributed by atoms with Crippen molar-refractivity contribution in [2.75, 3.05) is 13.6 Å². The molecule has 3 heteroatoms. The van der Waals surface area contributed by atoms with Crippen LogP contribution in [0.5, 0.6) is 0 Å². The Hall–Kier alpha value is -1.35. The van der Waals surface area contributed by atoms with E-state index in [1.807, 2.05) is 31.3 Å². The third-order valence-corrected chi connectivity index (χ3v) is 5.20. The average Bonchev–Trinajstić information content (AvgIpc) is 2.79. The predicted octanol–water partition coefficient (Wildman–Crippen LogP) is 2.61. The van der Waals surface area contributed by atoms with Crippen molar-refractivity contribution in [3.05, 3.63) is 35.4 Å². The van der Waals surface area contributed by atoms with Gasteiger partial charge in [0.15, 0.2) is 0 Å². The highest BCUT2D eigenvalue weighted by Crippen LogP contribution is 2.62. The predicted molar refractivity (Wildman–Crippen MR) is 82.9 cm³/mol. The van der Waals surface area contributed by atoms with Crippen molar-refractivity contribution < 1.29 is 4.79 Å². The van der Waals surface area contributed by atoms with Gasteiger partial charge in [0.2, 0.25) is 0 Å². The van der Waals surface area contributed by atoms with E-state index in [4.69, 9.17) is 0 Å². The summed E-state index contributed by atoms with van der Waals surface area (Å²) in [5, 5.41) is 6.34. The van der Waals surface area contributed by atoms with Gasteiger partial charge in [-0.25, -0.2) is 0 Å². The van der Waals surface area contributed by atoms with Crippen LogP contribution in [0, 0.1) is 10.8 Å². The van der Waals surface area contributed by atoms with Crippen molar-refractivity contribution in [3.8, 4) is 0 Å². The molecule has 1 aliphatic carbocycles. The molecular weight excluding hydrogens is 248 g/mol. The fourth-order valence-electron chi connectivity index (χ4n) is 2.99. The van der Waals surface area contributed by atoms with Crippen LogP contribution in [-0.4, -0.2) is 25.5 Å². The van der Waals surface area contributed by atoms with Crippen LogP contribution in [0.2, 0.25) is 0 Å². The van der Waals surface area contributed by atoms with Crippen molar-refractivity contribution in [1.82, 2.24) is 10.6 Å². The van der Waals surface area contributed by atoms with E-state index < -0.39 is 0 Å². The van der Waals surface area contributed by atoms with Gasteiger partial charge in [-0.2, -0.15) is 0 Å². The van der Waals surface area contributed by atoms with Crippen LogP contribution in [0.1, 0.15) is 43.6 Å². The van der Waals surface area contributed by atoms with E-state index in [0.717, 1.165) is 24.1 Å². The Morgan fingerprint density at radius 3 is 2.30 bits per heavy atom. The molecule has 1 aliphatic rings. The van der Waals surface area contributed by atoms with Crippen LogP contribution in [0.4, 0.5) is 0 Å². The topological polar surface area (TPSA) is 41.1 Å². The Labute approximate surface area is 122 Å². The number of hydrogen-bond donors (Lipinski definition) is 2. The Kier molecular flexibility index (Phi) is 3.92. The van der Waals surface area contributed by atoms with Crippen LogP contribution in [0.15, 0.2) is 24.3 Å². The first-order chi connectivity index (χ1) is 9.32. The van der Waals surface area contributed by atoms with Gasteiger partial charge >= 0.3 is 0 Å². The van der Waals surface area contributed by atoms with E-state index in [0.29, 0.717) is 0 Å². The maximum atomic E-state index is 12.5. The third-order valence-electron chi connectivity index (χ3n) is 5.20. The lowest BCUT2D eigenvalue weighted by atomic mass is 10.0. The molecule has 0 bridgehead atoms. The number of rotatable bonds is 5. The molecule has 0 heterocycles. The molecule has 1 fully saturated rings. The second kappa shape index (κ2) is 5.21. The molecule has 0 radical (unpaired) electrons. The van der Waals surface area contributed by atoms with Gasteiger partial charge in [-0.05, 0) is 42.5 Å². The van der Waals surface area contributed by atoms with Gasteiger partial charge in [-0.15, -0.1) is 0 Å². The van der Waals surface area contributed by atoms with Gasteiger partial charge in [-0.1, -0.05) is 45.9 Å². The molecule has 0 spiro atoms. The Morgan fingerprint density at radius 2 is 1.75 bits per heavy atom. The molecule has 0 atom stereocenters. The molecule has 1 amide bonds. The van der Waals surface area contributed by atoms with E-state index in [-0.39, 0.29) is 22.8 Å². The highest BCUT2D eigenvalue weighted by molar-refractivity contribution is 5.96. The lowest BCUT2D eigenvalue weighted by Gasteiger charge is -2.11. The number of nitrogens with one attached hydrogen (secondary N) is 2. The molecule has 0 unspecified atom stereocenters. The summed E-state index contributed by atoms with van der Waals surface area (Å²) in [4.78, 5) is 12.5. The minimum atomic E-state index is 0.0559. The molecule has 20 heavy (non-hydrogen) atoms. The molecule has 0 saturated heterocycles. The zero-order chi connectivity index (χ0) is 15.0. The molecule has 1 saturated carbocycles. The van der Waals surface area contributed by atoms with Crippen LogP contribution in [0.25, 0.3) is 0 Å². The summed E-state index contributed by atoms with van der Waals surface area (Å²) in [5.41, 5.74) is 2.25. The summed E-state index contributed by atoms with van der Waals surface area (Å²) in [7, 11) is 1.93. The molecule has 0 aliphatic heterocycles. The van der Waals surface area contributed by atoms with Crippen LogP contribution < -0.4 is 10.6 Å². The number of carbonyl (C=O) groups excluding carboxylic acids is 1. The van der Waals surface area contributed by atoms with Crippen molar-refractivity contribution >= 4 is 5.91 Å². The summed E-state index contributed by atoms with van der Waals surface area (Å²) < 4.78 is 0. The smallest absolute Gasteiger partial charge is 0.251 e. The van der Waals surface area contributed by atoms with Gasteiger partial charge < -0.3 is 10.6 Å². The summed E-state index contributed by atoms with van der Waals surface area (Å²) in [6, 6.07) is 8.13. The Balaban J connectivity index is 2.11. The number of likely N-dealkylation sites (N-methyl/N-ethyl adjacent to an activating group) is 1. The maximum Gasteiger partial charge on any atom is 0.251 e. The van der Waals surface area contributed by atoms with Gasteiger partial charge in [0.25, 0.3) is 5.91 Å². The second-order valence-electron chi connectivity index (χ2n) is 6.86. The highest BCUT2D eigenvalue weighted by atomic mass is 16.1. The molecule has 1 aromatic carbocycles. The first-order valence-electron chi connectivity index (χ1n) is 7.35. The van der Waals surface area contributed by atoms with Crippen molar-refractivity contribution in [2.45, 2.75) is 40.2 Å². The highest BCUT2D eigenvalue weighted by Gasteiger charge is 2.65. The fourth-order valence-corrected chi connectivity index (χ4v) is 2.99. The molecule has 2 N–H and O–H groups in total. The number of benzene rings is 1. The van der Waals surface area contributed by atoms with Gasteiger partial charge in [0, 0.05) is 11.6 Å². The van der Waals surface area contributed by atoms with Gasteiger partial charge in [0.1, 0.15) is 0 Å². The van der Waals surface area contributed by atoms with E-state index in [1.165, 1.54) is 0 Å². The molecule has 2 rings (SSSR count). The van der Waals surface area contributed by atoms with Crippen LogP contribution in [-0.2, 0) is 6.42 Å². The quantitative estimate of drug-likeness (QED) is 0.866. The minimum Gasteiger partial charge on any atom is -0.348 e. The zero-order valence-corrected chi connectivity index (χ0v) is 13.2. The first-order valence-corrected chi connectivity index (χ1v) is 7.35. The number of carbonyl (C=O) groups is 1. The Morgan fingerprint density at radius 1 is 1.15 bits per heavy atom. The SMILES string of the molecule is CNCCc1ccccc1C(=O)NC1C(C)(C)C1(C)C. The van der Waals surface area contributed by atoms with E-state index in [2.05, 4.69) is 38.3 Å². The summed E-state index contributed by atoms with van der Waals surface area (Å²) >= 11 is 0. The minimum absolute atomic E-state index is 0.0559. The third kappa shape index (κ3) is 2.47. The zero-order valence-electron chi connectivity index (χ0n) is 13.2. The molecule has 1 aromatic rings. The molecule has 110 valence electrons. The second-order valence-corrected chi connectivity index (χ2v) is 6.86. The number of hydrogen-bond acceptors (Lipinski definition) is 2. The van der Waals surface area contributed by atoms with Crippen molar-refractivity contribution in [1.29, 1.82) is 0 Å². The van der Waals surface area contributed by atoms with Gasteiger partial charge in [-0.3, -0.25) is 4.79 Å². The molecule has 0 aromatic heterocycles. The van der Waals surface area contributed by atoms with Crippen molar-refractivity contribution in [2.24, 2.45) is 10.8 Å². The monoisotopic (exact) mass is 274 g/mol.